The molecule has 0 aromatic carbocycles. The molecule has 2 N–H and O–H groups in total. The van der Waals surface area contributed by atoms with Crippen LogP contribution in [0.1, 0.15) is 5.69 Å². The van der Waals surface area contributed by atoms with Gasteiger partial charge in [0.2, 0.25) is 0 Å². The smallest absolute Gasteiger partial charge is 0.301 e. The van der Waals surface area contributed by atoms with Crippen LogP contribution < -0.4 is 16.8 Å². The largest absolute Gasteiger partial charge is 0.330 e. The van der Waals surface area contributed by atoms with E-state index < -0.39 is 5.69 Å². The fraction of sp³-hybridized carbons (Fsp3) is 0.250. The van der Waals surface area contributed by atoms with Gasteiger partial charge in [-0.1, -0.05) is 11.8 Å². The molecule has 3 aromatic rings. The summed E-state index contributed by atoms with van der Waals surface area (Å²) >= 11 is 1.22. The first-order valence-electron chi connectivity index (χ1n) is 6.29. The lowest BCUT2D eigenvalue weighted by atomic mass is 10.4. The fourth-order valence-corrected chi connectivity index (χ4v) is 2.83. The molecule has 0 aliphatic heterocycles. The Hall–Kier alpha value is -2.62. The van der Waals surface area contributed by atoms with Gasteiger partial charge in [-0.2, -0.15) is 5.10 Å². The zero-order chi connectivity index (χ0) is 15.9. The molecule has 0 amide bonds. The Morgan fingerprint density at radius 2 is 2.00 bits per heavy atom. The molecule has 0 bridgehead atoms. The third-order valence-electron chi connectivity index (χ3n) is 3.28. The molecule has 0 saturated heterocycles. The Labute approximate surface area is 127 Å². The van der Waals surface area contributed by atoms with E-state index in [4.69, 9.17) is 0 Å². The predicted octanol–water partition coefficient (Wildman–Crippen LogP) is -0.664. The normalized spacial score (nSPS) is 11.2. The Bertz CT molecular complexity index is 1030. The Morgan fingerprint density at radius 3 is 2.77 bits per heavy atom. The average molecular weight is 320 g/mol. The Balaban J connectivity index is 1.93. The van der Waals surface area contributed by atoms with Gasteiger partial charge in [0.25, 0.3) is 11.1 Å². The summed E-state index contributed by atoms with van der Waals surface area (Å²) in [5.41, 5.74) is -0.119. The summed E-state index contributed by atoms with van der Waals surface area (Å²) < 4.78 is 2.42. The first-order chi connectivity index (χ1) is 10.5. The van der Waals surface area contributed by atoms with Crippen LogP contribution in [0.25, 0.3) is 11.0 Å². The van der Waals surface area contributed by atoms with Crippen LogP contribution in [0.5, 0.6) is 0 Å². The maximum atomic E-state index is 11.8. The van der Waals surface area contributed by atoms with Gasteiger partial charge in [-0.15, -0.1) is 0 Å². The lowest BCUT2D eigenvalue weighted by Crippen LogP contribution is -2.37. The highest BCUT2D eigenvalue weighted by atomic mass is 32.2. The second-order valence-electron chi connectivity index (χ2n) is 4.67. The molecule has 3 heterocycles. The maximum absolute atomic E-state index is 11.8. The lowest BCUT2D eigenvalue weighted by molar-refractivity contribution is 0.665. The van der Waals surface area contributed by atoms with E-state index in [1.165, 1.54) is 35.6 Å². The molecule has 3 rings (SSSR count). The van der Waals surface area contributed by atoms with E-state index >= 15 is 0 Å². The standard InChI is InChI=1S/C12H12N6O3S/c1-17-6(3-8(19)18(2)12(17)21)5-22-11-14-9-7(4-13-16-9)10(20)15-11/h3-4H,5H2,1-2H3,(H2,13,14,15,16,20). The molecule has 9 nitrogen and oxygen atoms in total. The first kappa shape index (κ1) is 14.3. The molecular weight excluding hydrogens is 308 g/mol. The Kier molecular flexibility index (Phi) is 3.45. The van der Waals surface area contributed by atoms with Crippen LogP contribution in [-0.2, 0) is 19.8 Å². The number of hydrogen-bond acceptors (Lipinski definition) is 6. The van der Waals surface area contributed by atoms with Crippen molar-refractivity contribution in [2.45, 2.75) is 10.9 Å². The highest BCUT2D eigenvalue weighted by molar-refractivity contribution is 7.98. The summed E-state index contributed by atoms with van der Waals surface area (Å²) in [4.78, 5) is 42.2. The van der Waals surface area contributed by atoms with E-state index in [9.17, 15) is 14.4 Å². The zero-order valence-electron chi connectivity index (χ0n) is 11.8. The van der Waals surface area contributed by atoms with Gasteiger partial charge in [-0.25, -0.2) is 9.78 Å². The van der Waals surface area contributed by atoms with Crippen molar-refractivity contribution in [1.29, 1.82) is 0 Å². The van der Waals surface area contributed by atoms with Crippen molar-refractivity contribution in [3.8, 4) is 0 Å². The third kappa shape index (κ3) is 2.37. The van der Waals surface area contributed by atoms with Crippen LogP contribution in [0.15, 0.2) is 31.8 Å². The second kappa shape index (κ2) is 5.30. The molecule has 0 saturated carbocycles. The number of H-pyrrole nitrogens is 2. The molecule has 0 radical (unpaired) electrons. The summed E-state index contributed by atoms with van der Waals surface area (Å²) in [6.07, 6.45) is 1.40. The molecule has 0 atom stereocenters. The van der Waals surface area contributed by atoms with Gasteiger partial charge < -0.3 is 4.98 Å². The van der Waals surface area contributed by atoms with Gasteiger partial charge in [0, 0.05) is 31.6 Å². The zero-order valence-corrected chi connectivity index (χ0v) is 12.6. The fourth-order valence-electron chi connectivity index (χ4n) is 1.95. The molecule has 0 spiro atoms. The van der Waals surface area contributed by atoms with Crippen LogP contribution >= 0.6 is 11.8 Å². The van der Waals surface area contributed by atoms with Gasteiger partial charge in [-0.3, -0.25) is 23.8 Å². The van der Waals surface area contributed by atoms with Crippen molar-refractivity contribution < 1.29 is 0 Å². The summed E-state index contributed by atoms with van der Waals surface area (Å²) in [7, 11) is 3.01. The van der Waals surface area contributed by atoms with E-state index in [1.54, 1.807) is 7.05 Å². The van der Waals surface area contributed by atoms with E-state index in [1.807, 2.05) is 0 Å². The summed E-state index contributed by atoms with van der Waals surface area (Å²) in [5, 5.41) is 7.16. The SMILES string of the molecule is Cn1c(CSc2nc3[nH]ncc3c(=O)[nH]2)cc(=O)n(C)c1=O. The number of nitrogens with one attached hydrogen (secondary N) is 2. The van der Waals surface area contributed by atoms with E-state index in [-0.39, 0.29) is 11.1 Å². The summed E-state index contributed by atoms with van der Waals surface area (Å²) in [5.74, 6) is 0.324. The minimum atomic E-state index is -0.395. The second-order valence-corrected chi connectivity index (χ2v) is 5.63. The predicted molar refractivity (Wildman–Crippen MR) is 81.0 cm³/mol. The van der Waals surface area contributed by atoms with Gasteiger partial charge in [-0.05, 0) is 0 Å². The summed E-state index contributed by atoms with van der Waals surface area (Å²) in [6, 6.07) is 1.39. The van der Waals surface area contributed by atoms with Crippen LogP contribution in [-0.4, -0.2) is 29.3 Å². The van der Waals surface area contributed by atoms with Crippen molar-refractivity contribution in [2.75, 3.05) is 0 Å². The molecule has 114 valence electrons. The topological polar surface area (TPSA) is 118 Å². The molecule has 3 aromatic heterocycles. The molecule has 22 heavy (non-hydrogen) atoms. The number of thioether (sulfide) groups is 1. The minimum absolute atomic E-state index is 0.292. The van der Waals surface area contributed by atoms with Gasteiger partial charge >= 0.3 is 5.69 Å². The number of aromatic nitrogens is 6. The molecule has 10 heteroatoms. The average Bonchev–Trinajstić information content (AvgIpc) is 2.96. The highest BCUT2D eigenvalue weighted by Gasteiger charge is 2.09. The molecule has 0 fully saturated rings. The first-order valence-corrected chi connectivity index (χ1v) is 7.28. The van der Waals surface area contributed by atoms with Gasteiger partial charge in [0.05, 0.1) is 6.20 Å². The Morgan fingerprint density at radius 1 is 1.23 bits per heavy atom. The van der Waals surface area contributed by atoms with E-state index in [0.717, 1.165) is 4.57 Å². The molecular formula is C12H12N6O3S. The van der Waals surface area contributed by atoms with Crippen LogP contribution in [0, 0.1) is 0 Å². The summed E-state index contributed by atoms with van der Waals surface area (Å²) in [6.45, 7) is 0. The van der Waals surface area contributed by atoms with Crippen molar-refractivity contribution in [3.05, 3.63) is 49.1 Å². The van der Waals surface area contributed by atoms with E-state index in [2.05, 4.69) is 20.2 Å². The number of hydrogen-bond donors (Lipinski definition) is 2. The maximum Gasteiger partial charge on any atom is 0.330 e. The molecule has 0 aliphatic carbocycles. The number of fused-ring (bicyclic) bond motifs is 1. The van der Waals surface area contributed by atoms with Crippen molar-refractivity contribution in [3.63, 3.8) is 0 Å². The quantitative estimate of drug-likeness (QED) is 0.488. The van der Waals surface area contributed by atoms with Crippen molar-refractivity contribution in [1.82, 2.24) is 29.3 Å². The van der Waals surface area contributed by atoms with Gasteiger partial charge in [0.15, 0.2) is 10.8 Å². The lowest BCUT2D eigenvalue weighted by Gasteiger charge is -2.08. The molecule has 0 aliphatic rings. The van der Waals surface area contributed by atoms with Crippen molar-refractivity contribution >= 4 is 22.8 Å². The number of aromatic amines is 2. The monoisotopic (exact) mass is 320 g/mol. The number of nitrogens with zero attached hydrogens (tertiary/aromatic N) is 4. The van der Waals surface area contributed by atoms with Gasteiger partial charge in [0.1, 0.15) is 5.39 Å². The highest BCUT2D eigenvalue weighted by Crippen LogP contribution is 2.17. The van der Waals surface area contributed by atoms with Crippen LogP contribution in [0.4, 0.5) is 0 Å². The third-order valence-corrected chi connectivity index (χ3v) is 4.19. The van der Waals surface area contributed by atoms with Crippen LogP contribution in [0.2, 0.25) is 0 Å². The van der Waals surface area contributed by atoms with E-state index in [0.29, 0.717) is 27.6 Å². The number of rotatable bonds is 3. The molecule has 0 unspecified atom stereocenters. The van der Waals surface area contributed by atoms with Crippen molar-refractivity contribution in [2.24, 2.45) is 14.1 Å². The van der Waals surface area contributed by atoms with Crippen LogP contribution in [0.3, 0.4) is 0 Å². The minimum Gasteiger partial charge on any atom is -0.301 e.